The van der Waals surface area contributed by atoms with Crippen LogP contribution >= 0.6 is 0 Å². The van der Waals surface area contributed by atoms with E-state index in [4.69, 9.17) is 0 Å². The molecule has 0 unspecified atom stereocenters. The van der Waals surface area contributed by atoms with Gasteiger partial charge in [0.1, 0.15) is 11.6 Å². The zero-order chi connectivity index (χ0) is 14.7. The number of phenols is 1. The van der Waals surface area contributed by atoms with E-state index in [-0.39, 0.29) is 11.6 Å². The van der Waals surface area contributed by atoms with Gasteiger partial charge < -0.3 is 10.4 Å². The van der Waals surface area contributed by atoms with Crippen LogP contribution in [0.5, 0.6) is 5.75 Å². The number of rotatable bonds is 4. The topological polar surface area (TPSA) is 50.1 Å². The Hall–Kier alpha value is -2.82. The molecule has 3 rings (SSSR count). The molecule has 0 saturated heterocycles. The summed E-state index contributed by atoms with van der Waals surface area (Å²) in [5, 5.41) is 17.0. The second kappa shape index (κ2) is 5.66. The third-order valence-electron chi connectivity index (χ3n) is 3.16. The van der Waals surface area contributed by atoms with Gasteiger partial charge in [-0.25, -0.2) is 9.07 Å². The Bertz CT molecular complexity index is 724. The van der Waals surface area contributed by atoms with E-state index in [0.717, 1.165) is 11.4 Å². The van der Waals surface area contributed by atoms with Crippen LogP contribution in [-0.2, 0) is 6.54 Å². The van der Waals surface area contributed by atoms with Crippen molar-refractivity contribution in [1.82, 2.24) is 9.78 Å². The van der Waals surface area contributed by atoms with E-state index in [1.807, 2.05) is 36.5 Å². The molecular weight excluding hydrogens is 269 g/mol. The Morgan fingerprint density at radius 1 is 1.14 bits per heavy atom. The van der Waals surface area contributed by atoms with Gasteiger partial charge in [0.2, 0.25) is 0 Å². The minimum Gasteiger partial charge on any atom is -0.508 e. The van der Waals surface area contributed by atoms with Crippen LogP contribution in [0, 0.1) is 5.82 Å². The molecule has 106 valence electrons. The van der Waals surface area contributed by atoms with Crippen LogP contribution in [0.3, 0.4) is 0 Å². The quantitative estimate of drug-likeness (QED) is 0.772. The summed E-state index contributed by atoms with van der Waals surface area (Å²) in [6.07, 6.45) is 3.59. The summed E-state index contributed by atoms with van der Waals surface area (Å²) in [6, 6.07) is 13.5. The van der Waals surface area contributed by atoms with Gasteiger partial charge in [0.15, 0.2) is 0 Å². The lowest BCUT2D eigenvalue weighted by Crippen LogP contribution is -2.01. The molecule has 4 nitrogen and oxygen atoms in total. The van der Waals surface area contributed by atoms with Crippen LogP contribution in [0.25, 0.3) is 5.69 Å². The highest BCUT2D eigenvalue weighted by Crippen LogP contribution is 2.20. The SMILES string of the molecule is Oc1ccc(F)cc1CNc1ccc(-n2cccn2)cc1. The molecule has 21 heavy (non-hydrogen) atoms. The van der Waals surface area contributed by atoms with Crippen LogP contribution in [0.15, 0.2) is 60.9 Å². The van der Waals surface area contributed by atoms with Gasteiger partial charge >= 0.3 is 0 Å². The Morgan fingerprint density at radius 3 is 2.67 bits per heavy atom. The first kappa shape index (κ1) is 13.2. The fourth-order valence-corrected chi connectivity index (χ4v) is 2.05. The molecule has 1 aromatic heterocycles. The van der Waals surface area contributed by atoms with E-state index >= 15 is 0 Å². The van der Waals surface area contributed by atoms with Crippen molar-refractivity contribution in [2.75, 3.05) is 5.32 Å². The standard InChI is InChI=1S/C16H14FN3O/c17-13-2-7-16(21)12(10-13)11-18-14-3-5-15(6-4-14)20-9-1-8-19-20/h1-10,18,21H,11H2. The molecule has 0 bridgehead atoms. The van der Waals surface area contributed by atoms with Gasteiger partial charge in [0, 0.05) is 30.2 Å². The molecule has 0 saturated carbocycles. The molecule has 5 heteroatoms. The lowest BCUT2D eigenvalue weighted by atomic mass is 10.2. The zero-order valence-electron chi connectivity index (χ0n) is 11.2. The molecule has 3 aromatic rings. The molecular formula is C16H14FN3O. The summed E-state index contributed by atoms with van der Waals surface area (Å²) < 4.78 is 14.9. The number of hydrogen-bond donors (Lipinski definition) is 2. The highest BCUT2D eigenvalue weighted by Gasteiger charge is 2.03. The molecule has 2 N–H and O–H groups in total. The number of benzene rings is 2. The Morgan fingerprint density at radius 2 is 1.95 bits per heavy atom. The van der Waals surface area contributed by atoms with E-state index < -0.39 is 0 Å². The fraction of sp³-hybridized carbons (Fsp3) is 0.0625. The third kappa shape index (κ3) is 3.02. The third-order valence-corrected chi connectivity index (χ3v) is 3.16. The number of nitrogens with one attached hydrogen (secondary N) is 1. The summed E-state index contributed by atoms with van der Waals surface area (Å²) in [6.45, 7) is 0.352. The first-order valence-corrected chi connectivity index (χ1v) is 6.54. The lowest BCUT2D eigenvalue weighted by Gasteiger charge is -2.09. The molecule has 0 amide bonds. The van der Waals surface area contributed by atoms with Crippen LogP contribution in [0.4, 0.5) is 10.1 Å². The largest absolute Gasteiger partial charge is 0.508 e. The van der Waals surface area contributed by atoms with Crippen molar-refractivity contribution >= 4 is 5.69 Å². The minimum absolute atomic E-state index is 0.0806. The van der Waals surface area contributed by atoms with Crippen molar-refractivity contribution in [2.45, 2.75) is 6.54 Å². The van der Waals surface area contributed by atoms with Gasteiger partial charge in [-0.2, -0.15) is 5.10 Å². The van der Waals surface area contributed by atoms with Gasteiger partial charge in [-0.3, -0.25) is 0 Å². The van der Waals surface area contributed by atoms with Gasteiger partial charge in [-0.05, 0) is 48.5 Å². The molecule has 0 atom stereocenters. The van der Waals surface area contributed by atoms with E-state index in [1.54, 1.807) is 10.9 Å². The smallest absolute Gasteiger partial charge is 0.123 e. The number of hydrogen-bond acceptors (Lipinski definition) is 3. The fourth-order valence-electron chi connectivity index (χ4n) is 2.05. The average Bonchev–Trinajstić information content (AvgIpc) is 3.03. The monoisotopic (exact) mass is 283 g/mol. The number of halogens is 1. The molecule has 2 aromatic carbocycles. The molecule has 1 heterocycles. The number of anilines is 1. The second-order valence-electron chi connectivity index (χ2n) is 4.62. The summed E-state index contributed by atoms with van der Waals surface area (Å²) in [5.74, 6) is -0.282. The Balaban J connectivity index is 1.70. The van der Waals surface area contributed by atoms with Crippen molar-refractivity contribution in [3.8, 4) is 11.4 Å². The summed E-state index contributed by atoms with van der Waals surface area (Å²) in [4.78, 5) is 0. The molecule has 0 aliphatic heterocycles. The van der Waals surface area contributed by atoms with E-state index in [9.17, 15) is 9.50 Å². The summed E-state index contributed by atoms with van der Waals surface area (Å²) >= 11 is 0. The Kier molecular flexibility index (Phi) is 3.55. The highest BCUT2D eigenvalue weighted by atomic mass is 19.1. The van der Waals surface area contributed by atoms with Crippen molar-refractivity contribution < 1.29 is 9.50 Å². The van der Waals surface area contributed by atoms with E-state index in [2.05, 4.69) is 10.4 Å². The van der Waals surface area contributed by atoms with E-state index in [1.165, 1.54) is 18.2 Å². The highest BCUT2D eigenvalue weighted by molar-refractivity contribution is 5.49. The predicted octanol–water partition coefficient (Wildman–Crippen LogP) is 3.33. The number of aromatic hydroxyl groups is 1. The number of phenolic OH excluding ortho intramolecular Hbond substituents is 1. The van der Waals surface area contributed by atoms with Gasteiger partial charge in [0.25, 0.3) is 0 Å². The van der Waals surface area contributed by atoms with Crippen molar-refractivity contribution in [3.63, 3.8) is 0 Å². The molecule has 0 fully saturated rings. The first-order valence-electron chi connectivity index (χ1n) is 6.54. The minimum atomic E-state index is -0.362. The zero-order valence-corrected chi connectivity index (χ0v) is 11.2. The molecule has 0 aliphatic rings. The van der Waals surface area contributed by atoms with Gasteiger partial charge in [-0.1, -0.05) is 0 Å². The number of aromatic nitrogens is 2. The maximum absolute atomic E-state index is 13.1. The lowest BCUT2D eigenvalue weighted by molar-refractivity contribution is 0.466. The Labute approximate surface area is 121 Å². The van der Waals surface area contributed by atoms with Crippen molar-refractivity contribution in [1.29, 1.82) is 0 Å². The maximum atomic E-state index is 13.1. The van der Waals surface area contributed by atoms with Crippen molar-refractivity contribution in [2.24, 2.45) is 0 Å². The predicted molar refractivity (Wildman–Crippen MR) is 79.0 cm³/mol. The molecule has 0 spiro atoms. The van der Waals surface area contributed by atoms with Crippen molar-refractivity contribution in [3.05, 3.63) is 72.3 Å². The normalized spacial score (nSPS) is 10.5. The van der Waals surface area contributed by atoms with Crippen LogP contribution in [0.1, 0.15) is 5.56 Å². The maximum Gasteiger partial charge on any atom is 0.123 e. The van der Waals surface area contributed by atoms with Gasteiger partial charge in [-0.15, -0.1) is 0 Å². The summed E-state index contributed by atoms with van der Waals surface area (Å²) in [5.41, 5.74) is 2.36. The molecule has 0 aliphatic carbocycles. The second-order valence-corrected chi connectivity index (χ2v) is 4.62. The first-order chi connectivity index (χ1) is 10.2. The number of nitrogens with zero attached hydrogens (tertiary/aromatic N) is 2. The average molecular weight is 283 g/mol. The van der Waals surface area contributed by atoms with Crippen LogP contribution < -0.4 is 5.32 Å². The van der Waals surface area contributed by atoms with E-state index in [0.29, 0.717) is 12.1 Å². The van der Waals surface area contributed by atoms with Gasteiger partial charge in [0.05, 0.1) is 5.69 Å². The summed E-state index contributed by atoms with van der Waals surface area (Å²) in [7, 11) is 0. The van der Waals surface area contributed by atoms with Crippen LogP contribution in [-0.4, -0.2) is 14.9 Å². The van der Waals surface area contributed by atoms with Crippen LogP contribution in [0.2, 0.25) is 0 Å². The molecule has 0 radical (unpaired) electrons.